The Morgan fingerprint density at radius 3 is 2.56 bits per heavy atom. The molecule has 25 heavy (non-hydrogen) atoms. The average molecular weight is 341 g/mol. The molecular weight excluding hydrogens is 322 g/mol. The van der Waals surface area contributed by atoms with Crippen LogP contribution in [0, 0.1) is 0 Å². The van der Waals surface area contributed by atoms with Gasteiger partial charge in [-0.3, -0.25) is 4.79 Å². The zero-order chi connectivity index (χ0) is 18.1. The van der Waals surface area contributed by atoms with Crippen LogP contribution in [-0.4, -0.2) is 38.9 Å². The lowest BCUT2D eigenvalue weighted by molar-refractivity contribution is -0.119. The molecule has 2 aromatic rings. The second-order valence-electron chi connectivity index (χ2n) is 4.93. The number of hydrogen-bond donors (Lipinski definition) is 2. The van der Waals surface area contributed by atoms with E-state index in [2.05, 4.69) is 15.8 Å². The van der Waals surface area contributed by atoms with E-state index in [0.29, 0.717) is 22.6 Å². The van der Waals surface area contributed by atoms with E-state index in [0.717, 1.165) is 0 Å². The minimum atomic E-state index is -0.466. The molecule has 0 bridgehead atoms. The third kappa shape index (κ3) is 5.07. The molecule has 0 spiro atoms. The molecule has 2 rings (SSSR count). The first-order chi connectivity index (χ1) is 12.2. The van der Waals surface area contributed by atoms with Crippen LogP contribution in [0.15, 0.2) is 53.6 Å². The molecule has 0 aliphatic heterocycles. The zero-order valence-electron chi connectivity index (χ0n) is 14.0. The number of esters is 1. The lowest BCUT2D eigenvalue weighted by Gasteiger charge is -2.09. The van der Waals surface area contributed by atoms with Gasteiger partial charge in [0.25, 0.3) is 5.91 Å². The van der Waals surface area contributed by atoms with E-state index in [1.165, 1.54) is 13.3 Å². The number of benzene rings is 2. The normalized spacial score (nSPS) is 10.3. The molecule has 7 heteroatoms. The summed E-state index contributed by atoms with van der Waals surface area (Å²) in [4.78, 5) is 23.5. The summed E-state index contributed by atoms with van der Waals surface area (Å²) in [6.45, 7) is 0.0242. The van der Waals surface area contributed by atoms with Crippen LogP contribution in [0.5, 0.6) is 5.75 Å². The van der Waals surface area contributed by atoms with Gasteiger partial charge in [-0.15, -0.1) is 0 Å². The number of anilines is 1. The number of hydrazone groups is 1. The Morgan fingerprint density at radius 2 is 1.80 bits per heavy atom. The SMILES string of the molecule is COC(=O)c1ccccc1/C=N\NC(=O)CNc1ccccc1OC. The number of nitrogens with zero attached hydrogens (tertiary/aromatic N) is 1. The zero-order valence-corrected chi connectivity index (χ0v) is 14.0. The molecule has 0 aliphatic carbocycles. The molecule has 2 aromatic carbocycles. The van der Waals surface area contributed by atoms with E-state index in [1.54, 1.807) is 37.4 Å². The predicted octanol–water partition coefficient (Wildman–Crippen LogP) is 2.04. The summed E-state index contributed by atoms with van der Waals surface area (Å²) in [6, 6.07) is 14.1. The highest BCUT2D eigenvalue weighted by Crippen LogP contribution is 2.22. The van der Waals surface area contributed by atoms with Crippen molar-refractivity contribution in [2.45, 2.75) is 0 Å². The smallest absolute Gasteiger partial charge is 0.338 e. The van der Waals surface area contributed by atoms with Gasteiger partial charge in [-0.25, -0.2) is 10.2 Å². The first-order valence-electron chi connectivity index (χ1n) is 7.52. The summed E-state index contributed by atoms with van der Waals surface area (Å²) < 4.78 is 9.90. The Labute approximate surface area is 145 Å². The van der Waals surface area contributed by atoms with Gasteiger partial charge in [0, 0.05) is 5.56 Å². The third-order valence-corrected chi connectivity index (χ3v) is 3.31. The van der Waals surface area contributed by atoms with Gasteiger partial charge in [0.2, 0.25) is 0 Å². The summed E-state index contributed by atoms with van der Waals surface area (Å²) in [7, 11) is 2.87. The van der Waals surface area contributed by atoms with E-state index in [4.69, 9.17) is 9.47 Å². The molecule has 0 fully saturated rings. The van der Waals surface area contributed by atoms with Crippen LogP contribution in [0.4, 0.5) is 5.69 Å². The minimum absolute atomic E-state index is 0.0242. The second kappa shape index (κ2) is 9.07. The molecule has 1 amide bonds. The maximum atomic E-state index is 11.9. The van der Waals surface area contributed by atoms with E-state index in [1.807, 2.05) is 18.2 Å². The highest BCUT2D eigenvalue weighted by atomic mass is 16.5. The summed E-state index contributed by atoms with van der Waals surface area (Å²) in [5.41, 5.74) is 4.03. The van der Waals surface area contributed by atoms with Gasteiger partial charge in [-0.1, -0.05) is 30.3 Å². The van der Waals surface area contributed by atoms with Crippen molar-refractivity contribution in [2.24, 2.45) is 5.10 Å². The molecule has 0 atom stereocenters. The van der Waals surface area contributed by atoms with Crippen molar-refractivity contribution in [1.82, 2.24) is 5.43 Å². The van der Waals surface area contributed by atoms with Gasteiger partial charge in [-0.2, -0.15) is 5.10 Å². The van der Waals surface area contributed by atoms with Crippen molar-refractivity contribution in [3.63, 3.8) is 0 Å². The highest BCUT2D eigenvalue weighted by molar-refractivity contribution is 5.99. The number of hydrogen-bond acceptors (Lipinski definition) is 6. The van der Waals surface area contributed by atoms with E-state index < -0.39 is 5.97 Å². The Hall–Kier alpha value is -3.35. The summed E-state index contributed by atoms with van der Waals surface area (Å²) in [6.07, 6.45) is 1.40. The van der Waals surface area contributed by atoms with Crippen LogP contribution >= 0.6 is 0 Å². The molecule has 0 saturated carbocycles. The number of methoxy groups -OCH3 is 2. The van der Waals surface area contributed by atoms with Crippen LogP contribution in [0.1, 0.15) is 15.9 Å². The molecule has 0 radical (unpaired) electrons. The number of carbonyl (C=O) groups is 2. The highest BCUT2D eigenvalue weighted by Gasteiger charge is 2.09. The predicted molar refractivity (Wildman–Crippen MR) is 95.0 cm³/mol. The molecule has 2 N–H and O–H groups in total. The average Bonchev–Trinajstić information content (AvgIpc) is 2.66. The van der Waals surface area contributed by atoms with Crippen molar-refractivity contribution in [1.29, 1.82) is 0 Å². The van der Waals surface area contributed by atoms with Crippen molar-refractivity contribution < 1.29 is 19.1 Å². The Morgan fingerprint density at radius 1 is 1.08 bits per heavy atom. The van der Waals surface area contributed by atoms with Crippen molar-refractivity contribution >= 4 is 23.8 Å². The Bertz CT molecular complexity index is 774. The van der Waals surface area contributed by atoms with Crippen LogP contribution in [-0.2, 0) is 9.53 Å². The molecular formula is C18H19N3O4. The Balaban J connectivity index is 1.92. The number of carbonyl (C=O) groups excluding carboxylic acids is 2. The van der Waals surface area contributed by atoms with Gasteiger partial charge in [-0.05, 0) is 18.2 Å². The second-order valence-corrected chi connectivity index (χ2v) is 4.93. The molecule has 7 nitrogen and oxygen atoms in total. The van der Waals surface area contributed by atoms with Gasteiger partial charge < -0.3 is 14.8 Å². The number of amides is 1. The Kier molecular flexibility index (Phi) is 6.53. The first kappa shape index (κ1) is 18.0. The quantitative estimate of drug-likeness (QED) is 0.457. The van der Waals surface area contributed by atoms with Crippen LogP contribution in [0.2, 0.25) is 0 Å². The number of para-hydroxylation sites is 2. The fraction of sp³-hybridized carbons (Fsp3) is 0.167. The summed E-state index contributed by atoms with van der Waals surface area (Å²) >= 11 is 0. The van der Waals surface area contributed by atoms with Crippen LogP contribution in [0.3, 0.4) is 0 Å². The maximum Gasteiger partial charge on any atom is 0.338 e. The fourth-order valence-electron chi connectivity index (χ4n) is 2.08. The van der Waals surface area contributed by atoms with Gasteiger partial charge in [0.1, 0.15) is 5.75 Å². The molecule has 130 valence electrons. The van der Waals surface area contributed by atoms with Crippen molar-refractivity contribution in [3.8, 4) is 5.75 Å². The maximum absolute atomic E-state index is 11.9. The first-order valence-corrected chi connectivity index (χ1v) is 7.52. The van der Waals surface area contributed by atoms with Crippen LogP contribution in [0.25, 0.3) is 0 Å². The lowest BCUT2D eigenvalue weighted by atomic mass is 10.1. The molecule has 0 aliphatic rings. The summed E-state index contributed by atoms with van der Waals surface area (Å²) in [5, 5.41) is 6.84. The topological polar surface area (TPSA) is 89.0 Å². The third-order valence-electron chi connectivity index (χ3n) is 3.31. The van der Waals surface area contributed by atoms with Crippen LogP contribution < -0.4 is 15.5 Å². The fourth-order valence-corrected chi connectivity index (χ4v) is 2.08. The monoisotopic (exact) mass is 341 g/mol. The van der Waals surface area contributed by atoms with E-state index in [-0.39, 0.29) is 12.5 Å². The van der Waals surface area contributed by atoms with Gasteiger partial charge in [0.05, 0.1) is 38.2 Å². The van der Waals surface area contributed by atoms with Gasteiger partial charge in [0.15, 0.2) is 0 Å². The van der Waals surface area contributed by atoms with E-state index >= 15 is 0 Å². The standard InChI is InChI=1S/C18H19N3O4/c1-24-16-10-6-5-9-15(16)19-12-17(22)21-20-11-13-7-3-4-8-14(13)18(23)25-2/h3-11,19H,12H2,1-2H3,(H,21,22)/b20-11-. The summed E-state index contributed by atoms with van der Waals surface area (Å²) in [5.74, 6) is -0.158. The van der Waals surface area contributed by atoms with Gasteiger partial charge >= 0.3 is 5.97 Å². The number of nitrogens with one attached hydrogen (secondary N) is 2. The molecule has 0 heterocycles. The molecule has 0 saturated heterocycles. The lowest BCUT2D eigenvalue weighted by Crippen LogP contribution is -2.26. The number of rotatable bonds is 7. The van der Waals surface area contributed by atoms with Crippen molar-refractivity contribution in [3.05, 3.63) is 59.7 Å². The molecule has 0 aromatic heterocycles. The minimum Gasteiger partial charge on any atom is -0.495 e. The largest absolute Gasteiger partial charge is 0.495 e. The van der Waals surface area contributed by atoms with Crippen molar-refractivity contribution in [2.75, 3.05) is 26.1 Å². The molecule has 0 unspecified atom stereocenters. The number of ether oxygens (including phenoxy) is 2. The van der Waals surface area contributed by atoms with E-state index in [9.17, 15) is 9.59 Å².